The van der Waals surface area contributed by atoms with Gasteiger partial charge in [-0.05, 0) is 48.0 Å². The molecule has 1 aliphatic heterocycles. The number of para-hydroxylation sites is 1. The van der Waals surface area contributed by atoms with Crippen LogP contribution in [0.1, 0.15) is 15.9 Å². The number of halogens is 4. The van der Waals surface area contributed by atoms with E-state index in [0.29, 0.717) is 42.6 Å². The normalized spacial score (nSPS) is 14.5. The first-order chi connectivity index (χ1) is 18.6. The maximum Gasteiger partial charge on any atom is 0.264 e. The molecule has 5 rings (SSSR count). The summed E-state index contributed by atoms with van der Waals surface area (Å²) in [6.45, 7) is 1.74. The minimum absolute atomic E-state index is 0.0147. The molecule has 202 valence electrons. The number of aromatic nitrogens is 1. The largest absolute Gasteiger partial charge is 0.336 e. The van der Waals surface area contributed by atoms with Gasteiger partial charge in [-0.15, -0.1) is 0 Å². The van der Waals surface area contributed by atoms with Crippen molar-refractivity contribution >= 4 is 44.1 Å². The van der Waals surface area contributed by atoms with Crippen LogP contribution in [0.15, 0.2) is 71.8 Å². The van der Waals surface area contributed by atoms with Crippen molar-refractivity contribution in [2.75, 3.05) is 30.9 Å². The molecule has 1 aliphatic rings. The average molecular weight is 575 g/mol. The van der Waals surface area contributed by atoms with E-state index in [4.69, 9.17) is 11.6 Å². The zero-order valence-corrected chi connectivity index (χ0v) is 21.9. The molecule has 0 unspecified atom stereocenters. The van der Waals surface area contributed by atoms with E-state index in [1.165, 1.54) is 30.5 Å². The van der Waals surface area contributed by atoms with Crippen molar-refractivity contribution in [3.63, 3.8) is 0 Å². The number of benzene rings is 3. The molecule has 12 heteroatoms. The summed E-state index contributed by atoms with van der Waals surface area (Å²) in [5, 5.41) is 0.757. The Bertz CT molecular complexity index is 1650. The highest BCUT2D eigenvalue weighted by Gasteiger charge is 2.25. The van der Waals surface area contributed by atoms with E-state index in [1.54, 1.807) is 29.2 Å². The van der Waals surface area contributed by atoms with E-state index < -0.39 is 27.5 Å². The standard InChI is InChI=1S/C27H22ClF3N4O3S/c28-21-15-19(33-39(37,38)24-5-1-3-18-4-2-8-32-26(18)24)6-7-20(21)27(36)35-11-9-34(10-12-35)16-17-13-22(29)25(31)23(30)14-17/h1-8,13-15,33H,9-12,16H2. The lowest BCUT2D eigenvalue weighted by Gasteiger charge is -2.35. The Morgan fingerprint density at radius 2 is 1.64 bits per heavy atom. The monoisotopic (exact) mass is 574 g/mol. The van der Waals surface area contributed by atoms with Crippen molar-refractivity contribution in [2.45, 2.75) is 11.4 Å². The highest BCUT2D eigenvalue weighted by molar-refractivity contribution is 7.93. The Morgan fingerprint density at radius 1 is 0.949 bits per heavy atom. The van der Waals surface area contributed by atoms with Gasteiger partial charge in [0.1, 0.15) is 4.90 Å². The fourth-order valence-electron chi connectivity index (χ4n) is 4.49. The Balaban J connectivity index is 1.24. The molecule has 0 spiro atoms. The van der Waals surface area contributed by atoms with Crippen molar-refractivity contribution in [3.05, 3.63) is 100 Å². The number of sulfonamides is 1. The number of carbonyl (C=O) groups is 1. The van der Waals surface area contributed by atoms with Crippen molar-refractivity contribution in [1.82, 2.24) is 14.8 Å². The van der Waals surface area contributed by atoms with Crippen LogP contribution in [0.3, 0.4) is 0 Å². The second kappa shape index (κ2) is 10.8. The molecule has 0 saturated carbocycles. The van der Waals surface area contributed by atoms with E-state index >= 15 is 0 Å². The van der Waals surface area contributed by atoms with Gasteiger partial charge in [0, 0.05) is 44.3 Å². The highest BCUT2D eigenvalue weighted by atomic mass is 35.5. The fourth-order valence-corrected chi connectivity index (χ4v) is 5.98. The fraction of sp³-hybridized carbons (Fsp3) is 0.185. The molecular formula is C27H22ClF3N4O3S. The summed E-state index contributed by atoms with van der Waals surface area (Å²) in [6, 6.07) is 14.5. The number of fused-ring (bicyclic) bond motifs is 1. The first-order valence-corrected chi connectivity index (χ1v) is 13.8. The van der Waals surface area contributed by atoms with Crippen molar-refractivity contribution in [2.24, 2.45) is 0 Å². The molecule has 3 aromatic carbocycles. The molecule has 1 fully saturated rings. The Kier molecular flexibility index (Phi) is 7.48. The van der Waals surface area contributed by atoms with Gasteiger partial charge in [-0.3, -0.25) is 19.4 Å². The van der Waals surface area contributed by atoms with Crippen molar-refractivity contribution in [3.8, 4) is 0 Å². The number of nitrogens with zero attached hydrogens (tertiary/aromatic N) is 3. The third-order valence-electron chi connectivity index (χ3n) is 6.45. The maximum absolute atomic E-state index is 13.5. The van der Waals surface area contributed by atoms with Gasteiger partial charge in [-0.25, -0.2) is 21.6 Å². The number of carbonyl (C=O) groups excluding carboxylic acids is 1. The molecule has 0 bridgehead atoms. The maximum atomic E-state index is 13.5. The third kappa shape index (κ3) is 5.70. The molecule has 39 heavy (non-hydrogen) atoms. The zero-order chi connectivity index (χ0) is 27.7. The minimum atomic E-state index is -3.99. The zero-order valence-electron chi connectivity index (χ0n) is 20.4. The van der Waals surface area contributed by atoms with Crippen LogP contribution in [-0.4, -0.2) is 55.3 Å². The molecule has 1 saturated heterocycles. The summed E-state index contributed by atoms with van der Waals surface area (Å²) in [5.41, 5.74) is 1.03. The molecule has 0 radical (unpaired) electrons. The highest BCUT2D eigenvalue weighted by Crippen LogP contribution is 2.27. The Morgan fingerprint density at radius 3 is 2.33 bits per heavy atom. The lowest BCUT2D eigenvalue weighted by Crippen LogP contribution is -2.48. The molecule has 7 nitrogen and oxygen atoms in total. The topological polar surface area (TPSA) is 82.6 Å². The summed E-state index contributed by atoms with van der Waals surface area (Å²) in [7, 11) is -3.99. The first-order valence-electron chi connectivity index (χ1n) is 11.9. The van der Waals surface area contributed by atoms with Gasteiger partial charge in [0.15, 0.2) is 17.5 Å². The molecule has 2 heterocycles. The van der Waals surface area contributed by atoms with Gasteiger partial charge >= 0.3 is 0 Å². The predicted octanol–water partition coefficient (Wildman–Crippen LogP) is 5.06. The Hall–Kier alpha value is -3.67. The number of hydrogen-bond acceptors (Lipinski definition) is 5. The van der Waals surface area contributed by atoms with Gasteiger partial charge in [0.25, 0.3) is 15.9 Å². The van der Waals surface area contributed by atoms with Gasteiger partial charge in [-0.2, -0.15) is 0 Å². The van der Waals surface area contributed by atoms with E-state index in [0.717, 1.165) is 12.1 Å². The van der Waals surface area contributed by atoms with E-state index in [1.807, 2.05) is 4.90 Å². The number of hydrogen-bond donors (Lipinski definition) is 1. The third-order valence-corrected chi connectivity index (χ3v) is 8.17. The number of nitrogens with one attached hydrogen (secondary N) is 1. The lowest BCUT2D eigenvalue weighted by atomic mass is 10.1. The van der Waals surface area contributed by atoms with Crippen LogP contribution in [-0.2, 0) is 16.6 Å². The molecule has 0 atom stereocenters. The van der Waals surface area contributed by atoms with Gasteiger partial charge < -0.3 is 4.90 Å². The van der Waals surface area contributed by atoms with Crippen LogP contribution < -0.4 is 4.72 Å². The minimum Gasteiger partial charge on any atom is -0.336 e. The van der Waals surface area contributed by atoms with Crippen molar-refractivity contribution < 1.29 is 26.4 Å². The first kappa shape index (κ1) is 26.9. The second-order valence-corrected chi connectivity index (χ2v) is 11.1. The summed E-state index contributed by atoms with van der Waals surface area (Å²) < 4.78 is 68.9. The number of piperazine rings is 1. The lowest BCUT2D eigenvalue weighted by molar-refractivity contribution is 0.0628. The van der Waals surface area contributed by atoms with Gasteiger partial charge in [-0.1, -0.05) is 29.8 Å². The van der Waals surface area contributed by atoms with Crippen LogP contribution in [0, 0.1) is 17.5 Å². The molecule has 4 aromatic rings. The summed E-state index contributed by atoms with van der Waals surface area (Å²) in [6.07, 6.45) is 1.51. The smallest absolute Gasteiger partial charge is 0.264 e. The molecular weight excluding hydrogens is 553 g/mol. The van der Waals surface area contributed by atoms with Gasteiger partial charge in [0.2, 0.25) is 0 Å². The predicted molar refractivity (Wildman–Crippen MR) is 141 cm³/mol. The molecule has 1 aromatic heterocycles. The molecule has 0 aliphatic carbocycles. The average Bonchev–Trinajstić information content (AvgIpc) is 2.91. The van der Waals surface area contributed by atoms with E-state index in [9.17, 15) is 26.4 Å². The number of anilines is 1. The number of pyridine rings is 1. The molecule has 1 N–H and O–H groups in total. The quantitative estimate of drug-likeness (QED) is 0.325. The van der Waals surface area contributed by atoms with Gasteiger partial charge in [0.05, 0.1) is 21.8 Å². The number of rotatable bonds is 6. The molecule has 1 amide bonds. The van der Waals surface area contributed by atoms with Crippen LogP contribution in [0.4, 0.5) is 18.9 Å². The van der Waals surface area contributed by atoms with E-state index in [2.05, 4.69) is 9.71 Å². The van der Waals surface area contributed by atoms with Crippen LogP contribution >= 0.6 is 11.6 Å². The van der Waals surface area contributed by atoms with Crippen molar-refractivity contribution in [1.29, 1.82) is 0 Å². The van der Waals surface area contributed by atoms with E-state index in [-0.39, 0.29) is 33.6 Å². The SMILES string of the molecule is O=C(c1ccc(NS(=O)(=O)c2cccc3cccnc23)cc1Cl)N1CCN(Cc2cc(F)c(F)c(F)c2)CC1. The van der Waals surface area contributed by atoms with Crippen LogP contribution in [0.25, 0.3) is 10.9 Å². The summed E-state index contributed by atoms with van der Waals surface area (Å²) >= 11 is 6.39. The summed E-state index contributed by atoms with van der Waals surface area (Å²) in [4.78, 5) is 20.8. The Labute approximate surface area is 227 Å². The van der Waals surface area contributed by atoms with Crippen LogP contribution in [0.2, 0.25) is 5.02 Å². The summed E-state index contributed by atoms with van der Waals surface area (Å²) in [5.74, 6) is -4.32. The second-order valence-electron chi connectivity index (χ2n) is 9.07. The number of amides is 1. The van der Waals surface area contributed by atoms with Crippen LogP contribution in [0.5, 0.6) is 0 Å².